The molecule has 0 bridgehead atoms. The fourth-order valence-electron chi connectivity index (χ4n) is 4.67. The monoisotopic (exact) mass is 521 g/mol. The molecule has 3 heterocycles. The number of hydrogen-bond acceptors (Lipinski definition) is 7. The number of rotatable bonds is 7. The fourth-order valence-corrected chi connectivity index (χ4v) is 4.67. The molecule has 2 aliphatic rings. The summed E-state index contributed by atoms with van der Waals surface area (Å²) in [6, 6.07) is 5.48. The standard InChI is InChI=1S/C28H35N5O5/c1-16-22(26(34)32-18-10-11-33(13-18)27(35)38-28(2,3)4)24-25(31-16)23(29-15-30-24)20-9-8-19(36-5)12-21(20)37-14-17-6-7-17/h8-9,12,15,17-18,31H,6-7,10-11,13-14H2,1-5H3,(H,32,34)/t18-/m1/s1. The molecule has 2 amide bonds. The van der Waals surface area contributed by atoms with Gasteiger partial charge >= 0.3 is 6.09 Å². The number of aromatic nitrogens is 3. The molecular weight excluding hydrogens is 486 g/mol. The number of likely N-dealkylation sites (tertiary alicyclic amines) is 1. The molecule has 0 radical (unpaired) electrons. The number of H-pyrrole nitrogens is 1. The van der Waals surface area contributed by atoms with Crippen molar-refractivity contribution in [2.45, 2.75) is 58.6 Å². The first-order valence-electron chi connectivity index (χ1n) is 13.1. The second-order valence-corrected chi connectivity index (χ2v) is 11.1. The highest BCUT2D eigenvalue weighted by Gasteiger charge is 2.32. The van der Waals surface area contributed by atoms with Gasteiger partial charge in [0.1, 0.15) is 34.6 Å². The summed E-state index contributed by atoms with van der Waals surface area (Å²) in [6.07, 6.45) is 4.12. The van der Waals surface area contributed by atoms with Crippen LogP contribution in [0.3, 0.4) is 0 Å². The molecule has 1 saturated heterocycles. The van der Waals surface area contributed by atoms with Crippen molar-refractivity contribution in [1.82, 2.24) is 25.2 Å². The molecule has 0 spiro atoms. The number of aromatic amines is 1. The number of fused-ring (bicyclic) bond motifs is 1. The Bertz CT molecular complexity index is 1360. The lowest BCUT2D eigenvalue weighted by Gasteiger charge is -2.24. The van der Waals surface area contributed by atoms with E-state index >= 15 is 0 Å². The Labute approximate surface area is 222 Å². The van der Waals surface area contributed by atoms with Crippen LogP contribution in [0.4, 0.5) is 4.79 Å². The topological polar surface area (TPSA) is 119 Å². The summed E-state index contributed by atoms with van der Waals surface area (Å²) >= 11 is 0. The van der Waals surface area contributed by atoms with E-state index in [4.69, 9.17) is 14.2 Å². The molecule has 1 atom stereocenters. The van der Waals surface area contributed by atoms with Crippen molar-refractivity contribution in [1.29, 1.82) is 0 Å². The lowest BCUT2D eigenvalue weighted by atomic mass is 10.1. The third-order valence-corrected chi connectivity index (χ3v) is 6.79. The van der Waals surface area contributed by atoms with Gasteiger partial charge in [0.2, 0.25) is 0 Å². The Hall–Kier alpha value is -3.82. The maximum Gasteiger partial charge on any atom is 0.410 e. The lowest BCUT2D eigenvalue weighted by molar-refractivity contribution is 0.0290. The Balaban J connectivity index is 1.38. The van der Waals surface area contributed by atoms with Gasteiger partial charge in [0.15, 0.2) is 0 Å². The predicted molar refractivity (Wildman–Crippen MR) is 143 cm³/mol. The molecule has 3 aromatic rings. The van der Waals surface area contributed by atoms with E-state index in [9.17, 15) is 9.59 Å². The van der Waals surface area contributed by atoms with Crippen molar-refractivity contribution >= 4 is 23.0 Å². The molecule has 1 aromatic carbocycles. The minimum Gasteiger partial charge on any atom is -0.497 e. The minimum atomic E-state index is -0.566. The number of benzene rings is 1. The molecule has 202 valence electrons. The van der Waals surface area contributed by atoms with Crippen molar-refractivity contribution in [3.05, 3.63) is 35.8 Å². The van der Waals surface area contributed by atoms with Gasteiger partial charge in [-0.05, 0) is 65.0 Å². The number of hydrogen-bond donors (Lipinski definition) is 2. The van der Waals surface area contributed by atoms with Crippen LogP contribution in [0.25, 0.3) is 22.3 Å². The number of carbonyl (C=O) groups is 2. The average molecular weight is 522 g/mol. The van der Waals surface area contributed by atoms with Gasteiger partial charge in [0.25, 0.3) is 5.91 Å². The minimum absolute atomic E-state index is 0.176. The van der Waals surface area contributed by atoms with Gasteiger partial charge in [0, 0.05) is 36.5 Å². The largest absolute Gasteiger partial charge is 0.497 e. The first kappa shape index (κ1) is 25.8. The van der Waals surface area contributed by atoms with E-state index in [1.54, 1.807) is 12.0 Å². The molecule has 38 heavy (non-hydrogen) atoms. The van der Waals surface area contributed by atoms with Gasteiger partial charge in [-0.25, -0.2) is 14.8 Å². The van der Waals surface area contributed by atoms with E-state index < -0.39 is 5.60 Å². The van der Waals surface area contributed by atoms with Crippen molar-refractivity contribution in [2.75, 3.05) is 26.8 Å². The molecule has 5 rings (SSSR count). The summed E-state index contributed by atoms with van der Waals surface area (Å²) in [5, 5.41) is 3.08. The first-order valence-corrected chi connectivity index (χ1v) is 13.1. The Morgan fingerprint density at radius 3 is 2.68 bits per heavy atom. The number of ether oxygens (including phenoxy) is 3. The third-order valence-electron chi connectivity index (χ3n) is 6.79. The maximum atomic E-state index is 13.4. The summed E-state index contributed by atoms with van der Waals surface area (Å²) in [7, 11) is 1.62. The molecule has 1 aliphatic carbocycles. The summed E-state index contributed by atoms with van der Waals surface area (Å²) < 4.78 is 17.0. The molecular formula is C28H35N5O5. The number of amides is 2. The second-order valence-electron chi connectivity index (χ2n) is 11.1. The van der Waals surface area contributed by atoms with Crippen LogP contribution in [0, 0.1) is 12.8 Å². The van der Waals surface area contributed by atoms with Crippen LogP contribution in [-0.4, -0.2) is 70.3 Å². The van der Waals surface area contributed by atoms with Crippen LogP contribution >= 0.6 is 0 Å². The average Bonchev–Trinajstić information content (AvgIpc) is 3.46. The van der Waals surface area contributed by atoms with Crippen LogP contribution < -0.4 is 14.8 Å². The molecule has 2 aromatic heterocycles. The van der Waals surface area contributed by atoms with Gasteiger partial charge in [-0.3, -0.25) is 4.79 Å². The smallest absolute Gasteiger partial charge is 0.410 e. The van der Waals surface area contributed by atoms with E-state index in [1.165, 1.54) is 19.2 Å². The van der Waals surface area contributed by atoms with Gasteiger partial charge < -0.3 is 29.4 Å². The van der Waals surface area contributed by atoms with Crippen LogP contribution in [-0.2, 0) is 4.74 Å². The normalized spacial score (nSPS) is 17.5. The van der Waals surface area contributed by atoms with Gasteiger partial charge in [0.05, 0.1) is 24.8 Å². The Morgan fingerprint density at radius 2 is 1.97 bits per heavy atom. The summed E-state index contributed by atoms with van der Waals surface area (Å²) in [5.41, 5.74) is 3.25. The highest BCUT2D eigenvalue weighted by atomic mass is 16.6. The number of carbonyl (C=O) groups excluding carboxylic acids is 2. The summed E-state index contributed by atoms with van der Waals surface area (Å²) in [4.78, 5) is 39.8. The van der Waals surface area contributed by atoms with Crippen molar-refractivity contribution in [3.63, 3.8) is 0 Å². The van der Waals surface area contributed by atoms with Gasteiger partial charge in [-0.15, -0.1) is 0 Å². The van der Waals surface area contributed by atoms with Crippen LogP contribution in [0.1, 0.15) is 56.1 Å². The quantitative estimate of drug-likeness (QED) is 0.471. The fraction of sp³-hybridized carbons (Fsp3) is 0.500. The van der Waals surface area contributed by atoms with E-state index in [-0.39, 0.29) is 18.0 Å². The highest BCUT2D eigenvalue weighted by molar-refractivity contribution is 6.09. The molecule has 0 unspecified atom stereocenters. The van der Waals surface area contributed by atoms with Crippen LogP contribution in [0.15, 0.2) is 24.5 Å². The van der Waals surface area contributed by atoms with Crippen molar-refractivity contribution < 1.29 is 23.8 Å². The highest BCUT2D eigenvalue weighted by Crippen LogP contribution is 2.38. The number of aryl methyl sites for hydroxylation is 1. The maximum absolute atomic E-state index is 13.4. The molecule has 2 fully saturated rings. The van der Waals surface area contributed by atoms with Gasteiger partial charge in [-0.2, -0.15) is 0 Å². The summed E-state index contributed by atoms with van der Waals surface area (Å²) in [6.45, 7) is 8.93. The number of methoxy groups -OCH3 is 1. The lowest BCUT2D eigenvalue weighted by Crippen LogP contribution is -2.40. The number of nitrogens with one attached hydrogen (secondary N) is 2. The zero-order chi connectivity index (χ0) is 27.0. The zero-order valence-corrected chi connectivity index (χ0v) is 22.6. The SMILES string of the molecule is COc1ccc(-c2ncnc3c(C(=O)N[C@@H]4CCN(C(=O)OC(C)(C)C)C4)c(C)[nH]c23)c(OCC2CC2)c1. The van der Waals surface area contributed by atoms with E-state index in [0.29, 0.717) is 71.5 Å². The summed E-state index contributed by atoms with van der Waals surface area (Å²) in [5.74, 6) is 1.73. The van der Waals surface area contributed by atoms with E-state index in [2.05, 4.69) is 20.3 Å². The third kappa shape index (κ3) is 5.54. The van der Waals surface area contributed by atoms with Gasteiger partial charge in [-0.1, -0.05) is 0 Å². The van der Waals surface area contributed by atoms with Crippen LogP contribution in [0.2, 0.25) is 0 Å². The molecule has 1 aliphatic heterocycles. The van der Waals surface area contributed by atoms with Crippen LogP contribution in [0.5, 0.6) is 11.5 Å². The Kier molecular flexibility index (Phi) is 6.90. The molecule has 10 heteroatoms. The van der Waals surface area contributed by atoms with Crippen molar-refractivity contribution in [3.8, 4) is 22.8 Å². The van der Waals surface area contributed by atoms with E-state index in [0.717, 1.165) is 5.56 Å². The first-order chi connectivity index (χ1) is 18.1. The number of nitrogens with zero attached hydrogens (tertiary/aromatic N) is 3. The van der Waals surface area contributed by atoms with E-state index in [1.807, 2.05) is 45.9 Å². The Morgan fingerprint density at radius 1 is 1.18 bits per heavy atom. The predicted octanol–water partition coefficient (Wildman–Crippen LogP) is 4.47. The molecule has 1 saturated carbocycles. The second kappa shape index (κ2) is 10.2. The molecule has 10 nitrogen and oxygen atoms in total. The zero-order valence-electron chi connectivity index (χ0n) is 22.6. The van der Waals surface area contributed by atoms with Crippen molar-refractivity contribution in [2.24, 2.45) is 5.92 Å². The molecule has 2 N–H and O–H groups in total.